The largest absolute Gasteiger partial charge is 0.490 e. The zero-order valence-corrected chi connectivity index (χ0v) is 12.8. The fourth-order valence-corrected chi connectivity index (χ4v) is 2.87. The topological polar surface area (TPSA) is 78.4 Å². The number of carboxylic acids is 1. The lowest BCUT2D eigenvalue weighted by Crippen LogP contribution is -2.24. The number of thiophene rings is 1. The van der Waals surface area contributed by atoms with Crippen LogP contribution in [0.3, 0.4) is 0 Å². The van der Waals surface area contributed by atoms with E-state index < -0.39 is 18.8 Å². The summed E-state index contributed by atoms with van der Waals surface area (Å²) >= 11 is 1.49. The first-order chi connectivity index (χ1) is 10.8. The molecule has 1 aromatic heterocycles. The van der Waals surface area contributed by atoms with Crippen molar-refractivity contribution < 1.29 is 32.3 Å². The molecule has 0 aliphatic carbocycles. The van der Waals surface area contributed by atoms with E-state index in [-0.39, 0.29) is 12.5 Å². The second-order valence-electron chi connectivity index (χ2n) is 4.60. The molecule has 3 N–H and O–H groups in total. The van der Waals surface area contributed by atoms with E-state index in [1.807, 2.05) is 12.1 Å². The predicted molar refractivity (Wildman–Crippen MR) is 76.3 cm³/mol. The van der Waals surface area contributed by atoms with Gasteiger partial charge < -0.3 is 15.7 Å². The number of aliphatic carboxylic acids is 1. The molecule has 5 nitrogen and oxygen atoms in total. The zero-order valence-electron chi connectivity index (χ0n) is 12.0. The summed E-state index contributed by atoms with van der Waals surface area (Å²) in [4.78, 5) is 22.3. The Kier molecular flexibility index (Phi) is 7.43. The standard InChI is InChI=1S/C11H15FN2OS.C2HF3O2/c12-5-7-14-11(15)10-4-3-9(16-10)8-2-1-6-13-8;3-2(4,5)1(6)7/h3-4,8,13H,1-2,5-7H2,(H,14,15);(H,6,7). The maximum Gasteiger partial charge on any atom is 0.490 e. The number of carbonyl (C=O) groups is 2. The smallest absolute Gasteiger partial charge is 0.475 e. The zero-order chi connectivity index (χ0) is 17.5. The Morgan fingerprint density at radius 1 is 1.39 bits per heavy atom. The van der Waals surface area contributed by atoms with Crippen LogP contribution in [0.4, 0.5) is 17.6 Å². The molecule has 0 spiro atoms. The van der Waals surface area contributed by atoms with E-state index in [0.717, 1.165) is 13.0 Å². The van der Waals surface area contributed by atoms with E-state index >= 15 is 0 Å². The second-order valence-corrected chi connectivity index (χ2v) is 5.71. The molecule has 1 fully saturated rings. The molecule has 1 atom stereocenters. The molecule has 0 saturated carbocycles. The van der Waals surface area contributed by atoms with Crippen molar-refractivity contribution in [1.29, 1.82) is 0 Å². The van der Waals surface area contributed by atoms with E-state index in [0.29, 0.717) is 10.9 Å². The molecule has 1 aliphatic rings. The molecule has 2 rings (SSSR count). The van der Waals surface area contributed by atoms with Gasteiger partial charge in [0.1, 0.15) is 6.67 Å². The normalized spacial score (nSPS) is 17.3. The Labute approximate surface area is 133 Å². The Hall–Kier alpha value is -1.68. The summed E-state index contributed by atoms with van der Waals surface area (Å²) in [6.07, 6.45) is -2.77. The molecule has 0 aromatic carbocycles. The first kappa shape index (κ1) is 19.4. The minimum absolute atomic E-state index is 0.0910. The van der Waals surface area contributed by atoms with Gasteiger partial charge in [0, 0.05) is 17.5 Å². The van der Waals surface area contributed by atoms with Crippen LogP contribution < -0.4 is 10.6 Å². The summed E-state index contributed by atoms with van der Waals surface area (Å²) in [5, 5.41) is 13.0. The molecule has 0 bridgehead atoms. The maximum atomic E-state index is 11.9. The van der Waals surface area contributed by atoms with Gasteiger partial charge in [-0.1, -0.05) is 0 Å². The van der Waals surface area contributed by atoms with E-state index in [2.05, 4.69) is 10.6 Å². The third-order valence-corrected chi connectivity index (χ3v) is 4.07. The number of alkyl halides is 4. The summed E-state index contributed by atoms with van der Waals surface area (Å²) in [7, 11) is 0. The minimum atomic E-state index is -5.08. The van der Waals surface area contributed by atoms with Crippen molar-refractivity contribution in [1.82, 2.24) is 10.6 Å². The highest BCUT2D eigenvalue weighted by atomic mass is 32.1. The first-order valence-electron chi connectivity index (χ1n) is 6.73. The van der Waals surface area contributed by atoms with Gasteiger partial charge in [0.25, 0.3) is 5.91 Å². The van der Waals surface area contributed by atoms with Crippen LogP contribution in [0.25, 0.3) is 0 Å². The summed E-state index contributed by atoms with van der Waals surface area (Å²) in [6, 6.07) is 4.19. The van der Waals surface area contributed by atoms with Crippen molar-refractivity contribution in [3.8, 4) is 0 Å². The molecule has 1 aliphatic heterocycles. The molecule has 10 heteroatoms. The lowest BCUT2D eigenvalue weighted by atomic mass is 10.2. The minimum Gasteiger partial charge on any atom is -0.475 e. The van der Waals surface area contributed by atoms with Gasteiger partial charge in [-0.3, -0.25) is 4.79 Å². The molecular formula is C13H16F4N2O3S. The fourth-order valence-electron chi connectivity index (χ4n) is 1.84. The van der Waals surface area contributed by atoms with Gasteiger partial charge in [0.05, 0.1) is 4.88 Å². The van der Waals surface area contributed by atoms with Crippen molar-refractivity contribution in [3.05, 3.63) is 21.9 Å². The van der Waals surface area contributed by atoms with Gasteiger partial charge in [-0.05, 0) is 31.5 Å². The molecule has 23 heavy (non-hydrogen) atoms. The average molecular weight is 356 g/mol. The van der Waals surface area contributed by atoms with Gasteiger partial charge in [0.2, 0.25) is 0 Å². The van der Waals surface area contributed by atoms with E-state index in [1.165, 1.54) is 22.6 Å². The number of hydrogen-bond donors (Lipinski definition) is 3. The van der Waals surface area contributed by atoms with E-state index in [1.54, 1.807) is 0 Å². The summed E-state index contributed by atoms with van der Waals surface area (Å²) in [5.74, 6) is -2.93. The first-order valence-corrected chi connectivity index (χ1v) is 7.54. The van der Waals surface area contributed by atoms with Gasteiger partial charge >= 0.3 is 12.1 Å². The van der Waals surface area contributed by atoms with Crippen LogP contribution in [0.1, 0.15) is 33.4 Å². The molecule has 1 unspecified atom stereocenters. The summed E-state index contributed by atoms with van der Waals surface area (Å²) in [5.41, 5.74) is 0. The number of rotatable bonds is 4. The quantitative estimate of drug-likeness (QED) is 0.725. The van der Waals surface area contributed by atoms with E-state index in [9.17, 15) is 22.4 Å². The van der Waals surface area contributed by atoms with Crippen LogP contribution in [0.2, 0.25) is 0 Å². The molecule has 1 saturated heterocycles. The summed E-state index contributed by atoms with van der Waals surface area (Å²) in [6.45, 7) is 0.619. The third-order valence-electron chi connectivity index (χ3n) is 2.88. The Morgan fingerprint density at radius 2 is 2.04 bits per heavy atom. The van der Waals surface area contributed by atoms with E-state index in [4.69, 9.17) is 9.90 Å². The van der Waals surface area contributed by atoms with Crippen LogP contribution in [0, 0.1) is 0 Å². The number of carboxylic acid groups (broad SMARTS) is 1. The van der Waals surface area contributed by atoms with Crippen molar-refractivity contribution >= 4 is 23.2 Å². The molecular weight excluding hydrogens is 340 g/mol. The third kappa shape index (κ3) is 6.53. The van der Waals surface area contributed by atoms with Crippen molar-refractivity contribution in [3.63, 3.8) is 0 Å². The Bertz CT molecular complexity index is 528. The van der Waals surface area contributed by atoms with Crippen LogP contribution in [0.5, 0.6) is 0 Å². The van der Waals surface area contributed by atoms with Crippen molar-refractivity contribution in [2.75, 3.05) is 19.8 Å². The molecule has 1 aromatic rings. The maximum absolute atomic E-state index is 11.9. The number of carbonyl (C=O) groups excluding carboxylic acids is 1. The van der Waals surface area contributed by atoms with Crippen LogP contribution in [0.15, 0.2) is 12.1 Å². The van der Waals surface area contributed by atoms with Crippen molar-refractivity contribution in [2.45, 2.75) is 25.1 Å². The number of nitrogens with one attached hydrogen (secondary N) is 2. The summed E-state index contributed by atoms with van der Waals surface area (Å²) < 4.78 is 43.6. The van der Waals surface area contributed by atoms with Crippen LogP contribution in [-0.4, -0.2) is 42.9 Å². The molecule has 0 radical (unpaired) electrons. The van der Waals surface area contributed by atoms with Gasteiger partial charge in [-0.2, -0.15) is 13.2 Å². The highest BCUT2D eigenvalue weighted by Crippen LogP contribution is 2.29. The van der Waals surface area contributed by atoms with Crippen LogP contribution in [-0.2, 0) is 4.79 Å². The fraction of sp³-hybridized carbons (Fsp3) is 0.538. The van der Waals surface area contributed by atoms with Crippen LogP contribution >= 0.6 is 11.3 Å². The number of hydrogen-bond acceptors (Lipinski definition) is 4. The number of amides is 1. The van der Waals surface area contributed by atoms with Crippen molar-refractivity contribution in [2.24, 2.45) is 0 Å². The number of halogens is 4. The molecule has 130 valence electrons. The highest BCUT2D eigenvalue weighted by Gasteiger charge is 2.38. The molecule has 2 heterocycles. The van der Waals surface area contributed by atoms with Gasteiger partial charge in [-0.25, -0.2) is 9.18 Å². The Balaban J connectivity index is 0.000000322. The average Bonchev–Trinajstić information content (AvgIpc) is 3.14. The SMILES string of the molecule is O=C(NCCF)c1ccc(C2CCCN2)s1.O=C(O)C(F)(F)F. The second kappa shape index (κ2) is 8.82. The van der Waals surface area contributed by atoms with Gasteiger partial charge in [0.15, 0.2) is 0 Å². The molecule has 1 amide bonds. The van der Waals surface area contributed by atoms with Gasteiger partial charge in [-0.15, -0.1) is 11.3 Å². The predicted octanol–water partition coefficient (Wildman–Crippen LogP) is 2.51. The highest BCUT2D eigenvalue weighted by molar-refractivity contribution is 7.14. The monoisotopic (exact) mass is 356 g/mol. The lowest BCUT2D eigenvalue weighted by molar-refractivity contribution is -0.192. The Morgan fingerprint density at radius 3 is 2.52 bits per heavy atom. The lowest BCUT2D eigenvalue weighted by Gasteiger charge is -2.05.